The van der Waals surface area contributed by atoms with Crippen molar-refractivity contribution >= 4 is 11.7 Å². The Kier molecular flexibility index (Phi) is 4.65. The quantitative estimate of drug-likeness (QED) is 0.693. The highest BCUT2D eigenvalue weighted by Gasteiger charge is 2.16. The zero-order valence-corrected chi connectivity index (χ0v) is 13.5. The maximum absolute atomic E-state index is 12.4. The third kappa shape index (κ3) is 3.48. The summed E-state index contributed by atoms with van der Waals surface area (Å²) in [6, 6.07) is 10.9. The number of esters is 1. The first kappa shape index (κ1) is 15.9. The van der Waals surface area contributed by atoms with Crippen LogP contribution in [0.2, 0.25) is 0 Å². The standard InChI is InChI=1S/C18H18N2O4/c1-12-16(13(2)24-20-12)11-23-18(21)15-7-3-4-8-17(15)19-10-14-6-5-9-22-14/h3-9,19H,10-11H2,1-2H3. The lowest BCUT2D eigenvalue weighted by molar-refractivity contribution is 0.0472. The van der Waals surface area contributed by atoms with Gasteiger partial charge in [0.25, 0.3) is 0 Å². The Morgan fingerprint density at radius 3 is 2.75 bits per heavy atom. The molecular formula is C18H18N2O4. The van der Waals surface area contributed by atoms with E-state index in [-0.39, 0.29) is 6.61 Å². The minimum atomic E-state index is -0.405. The minimum absolute atomic E-state index is 0.131. The van der Waals surface area contributed by atoms with Crippen LogP contribution in [0.15, 0.2) is 51.6 Å². The SMILES string of the molecule is Cc1noc(C)c1COC(=O)c1ccccc1NCc1ccco1. The highest BCUT2D eigenvalue weighted by molar-refractivity contribution is 5.95. The molecule has 0 atom stereocenters. The maximum Gasteiger partial charge on any atom is 0.340 e. The van der Waals surface area contributed by atoms with Crippen LogP contribution in [0, 0.1) is 13.8 Å². The fraction of sp³-hybridized carbons (Fsp3) is 0.222. The fourth-order valence-electron chi connectivity index (χ4n) is 2.33. The normalized spacial score (nSPS) is 10.6. The number of para-hydroxylation sites is 1. The predicted octanol–water partition coefficient (Wildman–Crippen LogP) is 3.85. The van der Waals surface area contributed by atoms with Crippen molar-refractivity contribution < 1.29 is 18.5 Å². The summed E-state index contributed by atoms with van der Waals surface area (Å²) in [6.45, 7) is 4.23. The van der Waals surface area contributed by atoms with Crippen LogP contribution in [0.5, 0.6) is 0 Å². The van der Waals surface area contributed by atoms with Crippen LogP contribution in [0.4, 0.5) is 5.69 Å². The second kappa shape index (κ2) is 7.04. The van der Waals surface area contributed by atoms with Crippen molar-refractivity contribution in [3.05, 3.63) is 71.0 Å². The Bertz CT molecular complexity index is 802. The van der Waals surface area contributed by atoms with Gasteiger partial charge in [-0.2, -0.15) is 0 Å². The van der Waals surface area contributed by atoms with E-state index >= 15 is 0 Å². The summed E-state index contributed by atoms with van der Waals surface area (Å²) in [6.07, 6.45) is 1.61. The van der Waals surface area contributed by atoms with Crippen LogP contribution < -0.4 is 5.32 Å². The van der Waals surface area contributed by atoms with E-state index in [1.54, 1.807) is 25.3 Å². The molecule has 124 valence electrons. The summed E-state index contributed by atoms with van der Waals surface area (Å²) in [5, 5.41) is 7.04. The first-order chi connectivity index (χ1) is 11.6. The van der Waals surface area contributed by atoms with Crippen LogP contribution in [-0.2, 0) is 17.9 Å². The topological polar surface area (TPSA) is 77.5 Å². The number of nitrogens with one attached hydrogen (secondary N) is 1. The lowest BCUT2D eigenvalue weighted by atomic mass is 10.1. The Hall–Kier alpha value is -3.02. The Morgan fingerprint density at radius 1 is 1.21 bits per heavy atom. The van der Waals surface area contributed by atoms with Gasteiger partial charge in [-0.25, -0.2) is 4.79 Å². The molecule has 2 heterocycles. The molecule has 6 heteroatoms. The summed E-state index contributed by atoms with van der Waals surface area (Å²) < 4.78 is 15.8. The average molecular weight is 326 g/mol. The van der Waals surface area contributed by atoms with E-state index in [1.807, 2.05) is 31.2 Å². The highest BCUT2D eigenvalue weighted by Crippen LogP contribution is 2.19. The van der Waals surface area contributed by atoms with Gasteiger partial charge < -0.3 is 19.0 Å². The van der Waals surface area contributed by atoms with Crippen LogP contribution in [0.3, 0.4) is 0 Å². The van der Waals surface area contributed by atoms with Crippen LogP contribution in [0.1, 0.15) is 33.1 Å². The summed E-state index contributed by atoms with van der Waals surface area (Å²) in [4.78, 5) is 12.4. The van der Waals surface area contributed by atoms with Gasteiger partial charge in [-0.15, -0.1) is 0 Å². The molecule has 0 aliphatic rings. The van der Waals surface area contributed by atoms with Gasteiger partial charge in [-0.1, -0.05) is 17.3 Å². The smallest absolute Gasteiger partial charge is 0.340 e. The molecule has 0 radical (unpaired) electrons. The number of hydrogen-bond donors (Lipinski definition) is 1. The molecule has 0 spiro atoms. The zero-order chi connectivity index (χ0) is 16.9. The number of hydrogen-bond acceptors (Lipinski definition) is 6. The van der Waals surface area contributed by atoms with Crippen LogP contribution >= 0.6 is 0 Å². The molecule has 1 aromatic carbocycles. The number of carbonyl (C=O) groups excluding carboxylic acids is 1. The first-order valence-corrected chi connectivity index (χ1v) is 7.59. The highest BCUT2D eigenvalue weighted by atomic mass is 16.5. The van der Waals surface area contributed by atoms with Gasteiger partial charge in [-0.05, 0) is 38.1 Å². The van der Waals surface area contributed by atoms with E-state index in [0.29, 0.717) is 23.6 Å². The number of rotatable bonds is 6. The van der Waals surface area contributed by atoms with E-state index in [4.69, 9.17) is 13.7 Å². The molecule has 0 aliphatic carbocycles. The van der Waals surface area contributed by atoms with Crippen LogP contribution in [-0.4, -0.2) is 11.1 Å². The molecule has 3 rings (SSSR count). The number of aryl methyl sites for hydroxylation is 2. The van der Waals surface area contributed by atoms with E-state index in [9.17, 15) is 4.79 Å². The van der Waals surface area contributed by atoms with E-state index in [1.165, 1.54) is 0 Å². The molecule has 0 unspecified atom stereocenters. The van der Waals surface area contributed by atoms with Crippen molar-refractivity contribution in [3.63, 3.8) is 0 Å². The van der Waals surface area contributed by atoms with Crippen molar-refractivity contribution in [1.29, 1.82) is 0 Å². The summed E-state index contributed by atoms with van der Waals surface area (Å²) in [5.74, 6) is 1.04. The minimum Gasteiger partial charge on any atom is -0.467 e. The van der Waals surface area contributed by atoms with Crippen LogP contribution in [0.25, 0.3) is 0 Å². The molecule has 0 aliphatic heterocycles. The Morgan fingerprint density at radius 2 is 2.04 bits per heavy atom. The number of furan rings is 1. The molecule has 6 nitrogen and oxygen atoms in total. The lowest BCUT2D eigenvalue weighted by Gasteiger charge is -2.11. The third-order valence-corrected chi connectivity index (χ3v) is 3.71. The third-order valence-electron chi connectivity index (χ3n) is 3.71. The number of ether oxygens (including phenoxy) is 1. The van der Waals surface area contributed by atoms with Crippen molar-refractivity contribution in [2.45, 2.75) is 27.0 Å². The molecule has 0 saturated carbocycles. The Labute approximate surface area is 139 Å². The van der Waals surface area contributed by atoms with Crippen molar-refractivity contribution in [1.82, 2.24) is 5.16 Å². The number of carbonyl (C=O) groups is 1. The van der Waals surface area contributed by atoms with Crippen molar-refractivity contribution in [3.8, 4) is 0 Å². The summed E-state index contributed by atoms with van der Waals surface area (Å²) in [7, 11) is 0. The van der Waals surface area contributed by atoms with Gasteiger partial charge in [-0.3, -0.25) is 0 Å². The molecule has 0 bridgehead atoms. The molecule has 24 heavy (non-hydrogen) atoms. The summed E-state index contributed by atoms with van der Waals surface area (Å²) in [5.41, 5.74) is 2.68. The van der Waals surface area contributed by atoms with Crippen molar-refractivity contribution in [2.75, 3.05) is 5.32 Å². The lowest BCUT2D eigenvalue weighted by Crippen LogP contribution is -2.10. The fourth-order valence-corrected chi connectivity index (χ4v) is 2.33. The first-order valence-electron chi connectivity index (χ1n) is 7.59. The van der Waals surface area contributed by atoms with Gasteiger partial charge in [0.1, 0.15) is 18.1 Å². The van der Waals surface area contributed by atoms with E-state index in [2.05, 4.69) is 10.5 Å². The van der Waals surface area contributed by atoms with Gasteiger partial charge in [0.15, 0.2) is 0 Å². The number of anilines is 1. The molecule has 2 aromatic heterocycles. The average Bonchev–Trinajstić information content (AvgIpc) is 3.22. The van der Waals surface area contributed by atoms with Crippen molar-refractivity contribution in [2.24, 2.45) is 0 Å². The largest absolute Gasteiger partial charge is 0.467 e. The summed E-state index contributed by atoms with van der Waals surface area (Å²) >= 11 is 0. The maximum atomic E-state index is 12.4. The van der Waals surface area contributed by atoms with Gasteiger partial charge in [0, 0.05) is 5.69 Å². The molecule has 0 amide bonds. The van der Waals surface area contributed by atoms with E-state index in [0.717, 1.165) is 17.0 Å². The molecule has 1 N–H and O–H groups in total. The number of nitrogens with zero attached hydrogens (tertiary/aromatic N) is 1. The number of benzene rings is 1. The predicted molar refractivity (Wildman–Crippen MR) is 87.6 cm³/mol. The Balaban J connectivity index is 1.68. The molecule has 0 saturated heterocycles. The molecule has 0 fully saturated rings. The van der Waals surface area contributed by atoms with Gasteiger partial charge >= 0.3 is 5.97 Å². The second-order valence-corrected chi connectivity index (χ2v) is 5.36. The number of aromatic nitrogens is 1. The van der Waals surface area contributed by atoms with E-state index < -0.39 is 5.97 Å². The monoisotopic (exact) mass is 326 g/mol. The zero-order valence-electron chi connectivity index (χ0n) is 13.5. The second-order valence-electron chi connectivity index (χ2n) is 5.36. The molecular weight excluding hydrogens is 308 g/mol. The molecule has 3 aromatic rings. The van der Waals surface area contributed by atoms with Gasteiger partial charge in [0.2, 0.25) is 0 Å². The van der Waals surface area contributed by atoms with Gasteiger partial charge in [0.05, 0.1) is 29.6 Å².